The zero-order valence-corrected chi connectivity index (χ0v) is 13.1. The molecule has 6 nitrogen and oxygen atoms in total. The van der Waals surface area contributed by atoms with E-state index in [1.807, 2.05) is 35.5 Å². The predicted molar refractivity (Wildman–Crippen MR) is 84.5 cm³/mol. The van der Waals surface area contributed by atoms with Gasteiger partial charge in [-0.15, -0.1) is 11.3 Å². The maximum Gasteiger partial charge on any atom is 0.240 e. The van der Waals surface area contributed by atoms with Gasteiger partial charge in [-0.3, -0.25) is 9.69 Å². The first kappa shape index (κ1) is 14.8. The molecule has 1 aliphatic heterocycles. The highest BCUT2D eigenvalue weighted by molar-refractivity contribution is 7.13. The van der Waals surface area contributed by atoms with Crippen molar-refractivity contribution in [1.82, 2.24) is 9.88 Å². The fourth-order valence-corrected chi connectivity index (χ4v) is 2.79. The highest BCUT2D eigenvalue weighted by Gasteiger charge is 2.13. The average Bonchev–Trinajstić information content (AvgIpc) is 2.99. The third-order valence-corrected chi connectivity index (χ3v) is 3.84. The van der Waals surface area contributed by atoms with Crippen LogP contribution in [0.1, 0.15) is 5.56 Å². The summed E-state index contributed by atoms with van der Waals surface area (Å²) in [6.07, 6.45) is 1.67. The van der Waals surface area contributed by atoms with Gasteiger partial charge in [0.05, 0.1) is 6.54 Å². The number of nitrogens with zero attached hydrogens (tertiary/aromatic N) is 2. The van der Waals surface area contributed by atoms with Crippen molar-refractivity contribution in [2.24, 2.45) is 0 Å². The number of carbonyl (C=O) groups is 1. The van der Waals surface area contributed by atoms with Crippen LogP contribution in [0.25, 0.3) is 0 Å². The summed E-state index contributed by atoms with van der Waals surface area (Å²) >= 11 is 1.41. The Labute approximate surface area is 132 Å². The molecule has 116 valence electrons. The Morgan fingerprint density at radius 3 is 2.95 bits per heavy atom. The van der Waals surface area contributed by atoms with Crippen LogP contribution in [0.15, 0.2) is 29.8 Å². The number of rotatable bonds is 5. The predicted octanol–water partition coefficient (Wildman–Crippen LogP) is 1.98. The van der Waals surface area contributed by atoms with Gasteiger partial charge in [0.1, 0.15) is 13.2 Å². The SMILES string of the molecule is CN(CC(=O)Nc1nccs1)Cc1ccc2c(c1)OCCO2. The number of hydrogen-bond acceptors (Lipinski definition) is 6. The summed E-state index contributed by atoms with van der Waals surface area (Å²) in [6, 6.07) is 5.86. The fraction of sp³-hybridized carbons (Fsp3) is 0.333. The number of likely N-dealkylation sites (N-methyl/N-ethyl adjacent to an activating group) is 1. The van der Waals surface area contributed by atoms with Crippen LogP contribution in [-0.4, -0.2) is 42.6 Å². The second-order valence-electron chi connectivity index (χ2n) is 5.04. The average molecular weight is 319 g/mol. The first-order valence-corrected chi connectivity index (χ1v) is 7.85. The monoisotopic (exact) mass is 319 g/mol. The van der Waals surface area contributed by atoms with Gasteiger partial charge in [-0.25, -0.2) is 4.98 Å². The number of nitrogens with one attached hydrogen (secondary N) is 1. The number of anilines is 1. The minimum atomic E-state index is -0.0741. The van der Waals surface area contributed by atoms with Gasteiger partial charge in [-0.05, 0) is 24.7 Å². The summed E-state index contributed by atoms with van der Waals surface area (Å²) in [5.74, 6) is 1.47. The smallest absolute Gasteiger partial charge is 0.240 e. The molecule has 22 heavy (non-hydrogen) atoms. The van der Waals surface area contributed by atoms with Crippen molar-refractivity contribution in [2.45, 2.75) is 6.54 Å². The third kappa shape index (κ3) is 3.75. The Hall–Kier alpha value is -2.12. The second kappa shape index (κ2) is 6.76. The lowest BCUT2D eigenvalue weighted by atomic mass is 10.2. The Morgan fingerprint density at radius 2 is 2.18 bits per heavy atom. The van der Waals surface area contributed by atoms with E-state index >= 15 is 0 Å². The highest BCUT2D eigenvalue weighted by atomic mass is 32.1. The summed E-state index contributed by atoms with van der Waals surface area (Å²) in [4.78, 5) is 17.9. The largest absolute Gasteiger partial charge is 0.486 e. The molecule has 0 bridgehead atoms. The molecular weight excluding hydrogens is 302 g/mol. The van der Waals surface area contributed by atoms with Gasteiger partial charge in [0.2, 0.25) is 5.91 Å². The van der Waals surface area contributed by atoms with Crippen molar-refractivity contribution in [3.63, 3.8) is 0 Å². The molecule has 0 saturated heterocycles. The van der Waals surface area contributed by atoms with E-state index in [1.165, 1.54) is 11.3 Å². The second-order valence-corrected chi connectivity index (χ2v) is 5.93. The quantitative estimate of drug-likeness (QED) is 0.913. The highest BCUT2D eigenvalue weighted by Crippen LogP contribution is 2.30. The molecule has 2 heterocycles. The number of benzene rings is 1. The van der Waals surface area contributed by atoms with Gasteiger partial charge in [0.25, 0.3) is 0 Å². The molecule has 7 heteroatoms. The fourth-order valence-electron chi connectivity index (χ4n) is 2.24. The summed E-state index contributed by atoms with van der Waals surface area (Å²) in [5.41, 5.74) is 1.08. The zero-order valence-electron chi connectivity index (χ0n) is 12.2. The van der Waals surface area contributed by atoms with Gasteiger partial charge in [0.15, 0.2) is 16.6 Å². The lowest BCUT2D eigenvalue weighted by Crippen LogP contribution is -2.29. The van der Waals surface area contributed by atoms with Crippen LogP contribution in [0.3, 0.4) is 0 Å². The number of hydrogen-bond donors (Lipinski definition) is 1. The normalized spacial score (nSPS) is 13.2. The van der Waals surface area contributed by atoms with Crippen molar-refractivity contribution >= 4 is 22.4 Å². The topological polar surface area (TPSA) is 63.7 Å². The van der Waals surface area contributed by atoms with Crippen molar-refractivity contribution in [2.75, 3.05) is 32.1 Å². The molecule has 1 N–H and O–H groups in total. The molecule has 0 atom stereocenters. The van der Waals surface area contributed by atoms with Crippen LogP contribution in [0.2, 0.25) is 0 Å². The Kier molecular flexibility index (Phi) is 4.55. The molecule has 1 aromatic carbocycles. The first-order valence-electron chi connectivity index (χ1n) is 6.97. The number of thiazole rings is 1. The van der Waals surface area contributed by atoms with E-state index in [0.717, 1.165) is 17.1 Å². The van der Waals surface area contributed by atoms with Crippen LogP contribution in [0, 0.1) is 0 Å². The molecule has 0 aliphatic carbocycles. The van der Waals surface area contributed by atoms with Gasteiger partial charge in [-0.1, -0.05) is 6.07 Å². The lowest BCUT2D eigenvalue weighted by molar-refractivity contribution is -0.117. The molecule has 0 unspecified atom stereocenters. The molecule has 0 saturated carbocycles. The molecule has 1 aliphatic rings. The molecule has 0 radical (unpaired) electrons. The molecule has 1 amide bonds. The molecule has 0 spiro atoms. The van der Waals surface area contributed by atoms with E-state index in [1.54, 1.807) is 6.20 Å². The Morgan fingerprint density at radius 1 is 1.36 bits per heavy atom. The Bertz CT molecular complexity index is 645. The van der Waals surface area contributed by atoms with Gasteiger partial charge in [-0.2, -0.15) is 0 Å². The number of carbonyl (C=O) groups excluding carboxylic acids is 1. The third-order valence-electron chi connectivity index (χ3n) is 3.15. The minimum Gasteiger partial charge on any atom is -0.486 e. The van der Waals surface area contributed by atoms with Crippen LogP contribution < -0.4 is 14.8 Å². The van der Waals surface area contributed by atoms with Crippen LogP contribution in [0.4, 0.5) is 5.13 Å². The van der Waals surface area contributed by atoms with Crippen LogP contribution in [0.5, 0.6) is 11.5 Å². The molecule has 2 aromatic rings. The summed E-state index contributed by atoms with van der Waals surface area (Å²) in [6.45, 7) is 2.11. The number of aromatic nitrogens is 1. The van der Waals surface area contributed by atoms with Gasteiger partial charge >= 0.3 is 0 Å². The van der Waals surface area contributed by atoms with E-state index < -0.39 is 0 Å². The molecular formula is C15H17N3O3S. The van der Waals surface area contributed by atoms with Gasteiger partial charge in [0, 0.05) is 18.1 Å². The number of ether oxygens (including phenoxy) is 2. The molecule has 1 aromatic heterocycles. The standard InChI is InChI=1S/C15H17N3O3S/c1-18(10-14(19)17-15-16-4-7-22-15)9-11-2-3-12-13(8-11)21-6-5-20-12/h2-4,7-8H,5-6,9-10H2,1H3,(H,16,17,19). The van der Waals surface area contributed by atoms with E-state index in [0.29, 0.717) is 31.4 Å². The summed E-state index contributed by atoms with van der Waals surface area (Å²) in [5, 5.41) is 5.22. The molecule has 3 rings (SSSR count). The van der Waals surface area contributed by atoms with Crippen LogP contribution >= 0.6 is 11.3 Å². The van der Waals surface area contributed by atoms with Crippen molar-refractivity contribution in [3.05, 3.63) is 35.3 Å². The lowest BCUT2D eigenvalue weighted by Gasteiger charge is -2.20. The van der Waals surface area contributed by atoms with E-state index in [4.69, 9.17) is 9.47 Å². The zero-order chi connectivity index (χ0) is 15.4. The van der Waals surface area contributed by atoms with E-state index in [-0.39, 0.29) is 5.91 Å². The first-order chi connectivity index (χ1) is 10.7. The Balaban J connectivity index is 1.55. The van der Waals surface area contributed by atoms with E-state index in [2.05, 4.69) is 10.3 Å². The maximum absolute atomic E-state index is 11.9. The van der Waals surface area contributed by atoms with E-state index in [9.17, 15) is 4.79 Å². The van der Waals surface area contributed by atoms with Crippen molar-refractivity contribution in [1.29, 1.82) is 0 Å². The summed E-state index contributed by atoms with van der Waals surface area (Å²) in [7, 11) is 1.90. The maximum atomic E-state index is 11.9. The molecule has 0 fully saturated rings. The summed E-state index contributed by atoms with van der Waals surface area (Å²) < 4.78 is 11.1. The minimum absolute atomic E-state index is 0.0741. The van der Waals surface area contributed by atoms with Gasteiger partial charge < -0.3 is 14.8 Å². The van der Waals surface area contributed by atoms with Crippen molar-refractivity contribution < 1.29 is 14.3 Å². The van der Waals surface area contributed by atoms with Crippen molar-refractivity contribution in [3.8, 4) is 11.5 Å². The number of fused-ring (bicyclic) bond motifs is 1. The van der Waals surface area contributed by atoms with Crippen LogP contribution in [-0.2, 0) is 11.3 Å². The number of amides is 1.